The fourth-order valence-electron chi connectivity index (χ4n) is 2.61. The molecule has 0 amide bonds. The van der Waals surface area contributed by atoms with Crippen molar-refractivity contribution >= 4 is 33.2 Å². The second-order valence-corrected chi connectivity index (χ2v) is 6.70. The summed E-state index contributed by atoms with van der Waals surface area (Å²) in [5, 5.41) is 0.759. The molecule has 4 aromatic rings. The van der Waals surface area contributed by atoms with Crippen molar-refractivity contribution in [3.63, 3.8) is 0 Å². The quantitative estimate of drug-likeness (QED) is 0.548. The van der Waals surface area contributed by atoms with Crippen molar-refractivity contribution in [1.29, 1.82) is 0 Å². The van der Waals surface area contributed by atoms with Gasteiger partial charge >= 0.3 is 5.97 Å². The molecular weight excluding hydrogens is 346 g/mol. The zero-order chi connectivity index (χ0) is 17.9. The first-order chi connectivity index (χ1) is 12.7. The van der Waals surface area contributed by atoms with Crippen LogP contribution in [0.25, 0.3) is 21.5 Å². The van der Waals surface area contributed by atoms with Crippen molar-refractivity contribution in [2.75, 3.05) is 5.73 Å². The maximum absolute atomic E-state index is 12.4. The summed E-state index contributed by atoms with van der Waals surface area (Å²) in [6, 6.07) is 17.1. The SMILES string of the molecule is Nc1c(C(=O)OCc2ccccc2)sc2nc(-c3cccnc3)ccc12. The third kappa shape index (κ3) is 3.14. The van der Waals surface area contributed by atoms with E-state index in [1.54, 1.807) is 12.4 Å². The summed E-state index contributed by atoms with van der Waals surface area (Å²) in [6.45, 7) is 0.210. The van der Waals surface area contributed by atoms with Crippen LogP contribution < -0.4 is 5.73 Å². The molecule has 3 heterocycles. The average Bonchev–Trinajstić information content (AvgIpc) is 3.04. The Morgan fingerprint density at radius 3 is 2.69 bits per heavy atom. The van der Waals surface area contributed by atoms with Gasteiger partial charge in [0.05, 0.1) is 11.4 Å². The van der Waals surface area contributed by atoms with Gasteiger partial charge in [-0.2, -0.15) is 0 Å². The van der Waals surface area contributed by atoms with E-state index >= 15 is 0 Å². The smallest absolute Gasteiger partial charge is 0.350 e. The highest BCUT2D eigenvalue weighted by atomic mass is 32.1. The lowest BCUT2D eigenvalue weighted by atomic mass is 10.1. The first-order valence-electron chi connectivity index (χ1n) is 8.03. The number of aromatic nitrogens is 2. The first kappa shape index (κ1) is 16.2. The van der Waals surface area contributed by atoms with Gasteiger partial charge in [0.1, 0.15) is 16.3 Å². The Kier molecular flexibility index (Phi) is 4.33. The Morgan fingerprint density at radius 1 is 1.08 bits per heavy atom. The number of pyridine rings is 2. The first-order valence-corrected chi connectivity index (χ1v) is 8.84. The number of nitrogen functional groups attached to an aromatic ring is 1. The van der Waals surface area contributed by atoms with Gasteiger partial charge in [0, 0.05) is 23.3 Å². The summed E-state index contributed by atoms with van der Waals surface area (Å²) < 4.78 is 5.39. The summed E-state index contributed by atoms with van der Waals surface area (Å²) in [5.41, 5.74) is 9.19. The molecule has 0 saturated carbocycles. The fraction of sp³-hybridized carbons (Fsp3) is 0.0500. The molecule has 0 aliphatic heterocycles. The summed E-state index contributed by atoms with van der Waals surface area (Å²) in [7, 11) is 0. The summed E-state index contributed by atoms with van der Waals surface area (Å²) in [4.78, 5) is 22.2. The summed E-state index contributed by atoms with van der Waals surface area (Å²) in [5.74, 6) is -0.433. The molecule has 0 fully saturated rings. The van der Waals surface area contributed by atoms with E-state index in [1.807, 2.05) is 54.6 Å². The van der Waals surface area contributed by atoms with Gasteiger partial charge in [0.15, 0.2) is 0 Å². The van der Waals surface area contributed by atoms with E-state index < -0.39 is 5.97 Å². The molecule has 0 saturated heterocycles. The van der Waals surface area contributed by atoms with Crippen LogP contribution in [0.2, 0.25) is 0 Å². The number of anilines is 1. The highest BCUT2D eigenvalue weighted by Gasteiger charge is 2.19. The second-order valence-electron chi connectivity index (χ2n) is 5.70. The molecule has 5 nitrogen and oxygen atoms in total. The van der Waals surface area contributed by atoms with Crippen molar-refractivity contribution in [2.45, 2.75) is 6.61 Å². The van der Waals surface area contributed by atoms with Crippen LogP contribution in [0.4, 0.5) is 5.69 Å². The summed E-state index contributed by atoms with van der Waals surface area (Å²) in [6.07, 6.45) is 3.46. The maximum atomic E-state index is 12.4. The minimum Gasteiger partial charge on any atom is -0.457 e. The number of fused-ring (bicyclic) bond motifs is 1. The molecule has 26 heavy (non-hydrogen) atoms. The van der Waals surface area contributed by atoms with Crippen LogP contribution in [0.1, 0.15) is 15.2 Å². The van der Waals surface area contributed by atoms with E-state index in [9.17, 15) is 4.79 Å². The molecule has 4 rings (SSSR count). The van der Waals surface area contributed by atoms with Crippen molar-refractivity contribution in [3.8, 4) is 11.3 Å². The number of carbonyl (C=O) groups excluding carboxylic acids is 1. The van der Waals surface area contributed by atoms with Crippen LogP contribution in [0.3, 0.4) is 0 Å². The van der Waals surface area contributed by atoms with Crippen LogP contribution in [0.5, 0.6) is 0 Å². The Morgan fingerprint density at radius 2 is 1.92 bits per heavy atom. The average molecular weight is 361 g/mol. The molecule has 3 aromatic heterocycles. The van der Waals surface area contributed by atoms with Crippen molar-refractivity contribution in [3.05, 3.63) is 77.4 Å². The minimum atomic E-state index is -0.433. The molecule has 6 heteroatoms. The third-order valence-corrected chi connectivity index (χ3v) is 5.04. The predicted octanol–water partition coefficient (Wildman–Crippen LogP) is 4.30. The van der Waals surface area contributed by atoms with E-state index in [0.717, 1.165) is 22.2 Å². The summed E-state index contributed by atoms with van der Waals surface area (Å²) >= 11 is 1.24. The van der Waals surface area contributed by atoms with Crippen molar-refractivity contribution in [1.82, 2.24) is 9.97 Å². The Hall–Kier alpha value is -3.25. The Bertz CT molecular complexity index is 1060. The van der Waals surface area contributed by atoms with Crippen molar-refractivity contribution < 1.29 is 9.53 Å². The molecule has 2 N–H and O–H groups in total. The predicted molar refractivity (Wildman–Crippen MR) is 103 cm³/mol. The van der Waals surface area contributed by atoms with Gasteiger partial charge < -0.3 is 10.5 Å². The number of hydrogen-bond acceptors (Lipinski definition) is 6. The number of benzene rings is 1. The van der Waals surface area contributed by atoms with Crippen LogP contribution in [-0.4, -0.2) is 15.9 Å². The highest BCUT2D eigenvalue weighted by Crippen LogP contribution is 2.34. The van der Waals surface area contributed by atoms with E-state index in [4.69, 9.17) is 10.5 Å². The fourth-order valence-corrected chi connectivity index (χ4v) is 3.60. The topological polar surface area (TPSA) is 78.1 Å². The van der Waals surface area contributed by atoms with Crippen LogP contribution >= 0.6 is 11.3 Å². The maximum Gasteiger partial charge on any atom is 0.350 e. The van der Waals surface area contributed by atoms with Gasteiger partial charge in [-0.15, -0.1) is 11.3 Å². The molecule has 0 aliphatic rings. The third-order valence-electron chi connectivity index (χ3n) is 3.95. The minimum absolute atomic E-state index is 0.210. The number of ether oxygens (including phenoxy) is 1. The molecule has 0 unspecified atom stereocenters. The number of esters is 1. The Labute approximate surface area is 154 Å². The van der Waals surface area contributed by atoms with E-state index in [1.165, 1.54) is 11.3 Å². The normalized spacial score (nSPS) is 10.8. The van der Waals surface area contributed by atoms with Crippen LogP contribution in [-0.2, 0) is 11.3 Å². The second kappa shape index (κ2) is 6.93. The molecular formula is C20H15N3O2S. The number of nitrogens with two attached hydrogens (primary N) is 1. The number of hydrogen-bond donors (Lipinski definition) is 1. The number of thiophene rings is 1. The monoisotopic (exact) mass is 361 g/mol. The molecule has 0 aliphatic carbocycles. The lowest BCUT2D eigenvalue weighted by molar-refractivity contribution is 0.0480. The number of nitrogens with zero attached hydrogens (tertiary/aromatic N) is 2. The van der Waals surface area contributed by atoms with Gasteiger partial charge in [-0.3, -0.25) is 4.98 Å². The molecule has 0 spiro atoms. The lowest BCUT2D eigenvalue weighted by Crippen LogP contribution is -2.05. The molecule has 0 bridgehead atoms. The van der Waals surface area contributed by atoms with Gasteiger partial charge in [-0.1, -0.05) is 30.3 Å². The highest BCUT2D eigenvalue weighted by molar-refractivity contribution is 7.21. The largest absolute Gasteiger partial charge is 0.457 e. The van der Waals surface area contributed by atoms with E-state index in [0.29, 0.717) is 15.4 Å². The standard InChI is InChI=1S/C20H15N3O2S/c21-17-15-8-9-16(14-7-4-10-22-11-14)23-19(15)26-18(17)20(24)25-12-13-5-2-1-3-6-13/h1-11H,12,21H2. The number of rotatable bonds is 4. The lowest BCUT2D eigenvalue weighted by Gasteiger charge is -2.03. The van der Waals surface area contributed by atoms with Gasteiger partial charge in [-0.05, 0) is 29.8 Å². The Balaban J connectivity index is 1.61. The van der Waals surface area contributed by atoms with E-state index in [2.05, 4.69) is 9.97 Å². The van der Waals surface area contributed by atoms with Crippen molar-refractivity contribution in [2.24, 2.45) is 0 Å². The molecule has 1 aromatic carbocycles. The van der Waals surface area contributed by atoms with Gasteiger partial charge in [0.2, 0.25) is 0 Å². The molecule has 0 atom stereocenters. The van der Waals surface area contributed by atoms with Crippen LogP contribution in [0, 0.1) is 0 Å². The molecule has 128 valence electrons. The van der Waals surface area contributed by atoms with Gasteiger partial charge in [0.25, 0.3) is 0 Å². The van der Waals surface area contributed by atoms with Crippen LogP contribution in [0.15, 0.2) is 67.0 Å². The number of carbonyl (C=O) groups is 1. The van der Waals surface area contributed by atoms with E-state index in [-0.39, 0.29) is 6.61 Å². The molecule has 0 radical (unpaired) electrons. The zero-order valence-corrected chi connectivity index (χ0v) is 14.6. The zero-order valence-electron chi connectivity index (χ0n) is 13.8. The van der Waals surface area contributed by atoms with Gasteiger partial charge in [-0.25, -0.2) is 9.78 Å².